The van der Waals surface area contributed by atoms with E-state index in [0.717, 1.165) is 0 Å². The number of carbonyl (C=O) groups excluding carboxylic acids is 1. The Hall–Kier alpha value is -2.55. The maximum Gasteiger partial charge on any atom is 0.322 e. The molecule has 1 aliphatic heterocycles. The van der Waals surface area contributed by atoms with Crippen LogP contribution in [0.25, 0.3) is 0 Å². The summed E-state index contributed by atoms with van der Waals surface area (Å²) in [5.74, 6) is -1.42. The number of anilines is 1. The van der Waals surface area contributed by atoms with Crippen LogP contribution in [0.15, 0.2) is 24.3 Å². The SMILES string of the molecule is CC1C(C(=O)O)CCN1C(=O)Nc1ccccc1C#N. The first-order valence-electron chi connectivity index (χ1n) is 6.34. The number of hydrogen-bond acceptors (Lipinski definition) is 3. The number of nitrogens with zero attached hydrogens (tertiary/aromatic N) is 2. The molecule has 2 N–H and O–H groups in total. The summed E-state index contributed by atoms with van der Waals surface area (Å²) in [5, 5.41) is 20.7. The molecule has 2 unspecified atom stereocenters. The van der Waals surface area contributed by atoms with Crippen molar-refractivity contribution in [2.24, 2.45) is 5.92 Å². The summed E-state index contributed by atoms with van der Waals surface area (Å²) in [6.45, 7) is 2.13. The summed E-state index contributed by atoms with van der Waals surface area (Å²) >= 11 is 0. The van der Waals surface area contributed by atoms with E-state index in [9.17, 15) is 9.59 Å². The predicted octanol–water partition coefficient (Wildman–Crippen LogP) is 1.89. The maximum atomic E-state index is 12.2. The third kappa shape index (κ3) is 2.57. The molecule has 1 aliphatic rings. The molecular weight excluding hydrogens is 258 g/mol. The standard InChI is InChI=1S/C14H15N3O3/c1-9-11(13(18)19)6-7-17(9)14(20)16-12-5-3-2-4-10(12)8-15/h2-5,9,11H,6-7H2,1H3,(H,16,20)(H,18,19). The summed E-state index contributed by atoms with van der Waals surface area (Å²) in [4.78, 5) is 24.7. The first-order valence-corrected chi connectivity index (χ1v) is 6.34. The van der Waals surface area contributed by atoms with Crippen molar-refractivity contribution < 1.29 is 14.7 Å². The van der Waals surface area contributed by atoms with Gasteiger partial charge in [-0.2, -0.15) is 5.26 Å². The van der Waals surface area contributed by atoms with Gasteiger partial charge in [0.1, 0.15) is 6.07 Å². The number of rotatable bonds is 2. The minimum atomic E-state index is -0.884. The number of para-hydroxylation sites is 1. The number of aliphatic carboxylic acids is 1. The van der Waals surface area contributed by atoms with Crippen molar-refractivity contribution in [3.8, 4) is 6.07 Å². The normalized spacial score (nSPS) is 21.3. The molecule has 0 aliphatic carbocycles. The Kier molecular flexibility index (Phi) is 3.89. The second-order valence-corrected chi connectivity index (χ2v) is 4.75. The lowest BCUT2D eigenvalue weighted by Gasteiger charge is -2.23. The van der Waals surface area contributed by atoms with Crippen molar-refractivity contribution in [3.05, 3.63) is 29.8 Å². The molecule has 1 aromatic rings. The first-order chi connectivity index (χ1) is 9.54. The molecule has 1 heterocycles. The van der Waals surface area contributed by atoms with E-state index in [0.29, 0.717) is 24.2 Å². The first kappa shape index (κ1) is 13.9. The lowest BCUT2D eigenvalue weighted by Crippen LogP contribution is -2.40. The third-order valence-corrected chi connectivity index (χ3v) is 3.62. The highest BCUT2D eigenvalue weighted by Gasteiger charge is 2.38. The molecule has 1 aromatic carbocycles. The Morgan fingerprint density at radius 2 is 2.15 bits per heavy atom. The molecule has 1 fully saturated rings. The summed E-state index contributed by atoms with van der Waals surface area (Å²) in [7, 11) is 0. The number of carboxylic acid groups (broad SMARTS) is 1. The van der Waals surface area contributed by atoms with Crippen LogP contribution in [0.2, 0.25) is 0 Å². The molecule has 2 atom stereocenters. The second-order valence-electron chi connectivity index (χ2n) is 4.75. The Morgan fingerprint density at radius 1 is 1.45 bits per heavy atom. The zero-order valence-electron chi connectivity index (χ0n) is 11.0. The van der Waals surface area contributed by atoms with Gasteiger partial charge in [0.2, 0.25) is 0 Å². The Labute approximate surface area is 116 Å². The molecule has 0 bridgehead atoms. The van der Waals surface area contributed by atoms with Crippen molar-refractivity contribution in [1.82, 2.24) is 4.90 Å². The average molecular weight is 273 g/mol. The molecule has 6 nitrogen and oxygen atoms in total. The van der Waals surface area contributed by atoms with Crippen LogP contribution in [0.4, 0.5) is 10.5 Å². The van der Waals surface area contributed by atoms with Gasteiger partial charge in [-0.15, -0.1) is 0 Å². The van der Waals surface area contributed by atoms with Crippen LogP contribution in [0, 0.1) is 17.2 Å². The van der Waals surface area contributed by atoms with E-state index in [1.54, 1.807) is 31.2 Å². The maximum absolute atomic E-state index is 12.2. The van der Waals surface area contributed by atoms with Crippen molar-refractivity contribution >= 4 is 17.7 Å². The fourth-order valence-corrected chi connectivity index (χ4v) is 2.43. The summed E-state index contributed by atoms with van der Waals surface area (Å²) < 4.78 is 0. The number of nitriles is 1. The van der Waals surface area contributed by atoms with Crippen LogP contribution in [-0.2, 0) is 4.79 Å². The number of carbonyl (C=O) groups is 2. The van der Waals surface area contributed by atoms with Gasteiger partial charge in [0.05, 0.1) is 17.2 Å². The van der Waals surface area contributed by atoms with E-state index in [4.69, 9.17) is 10.4 Å². The molecule has 1 saturated heterocycles. The lowest BCUT2D eigenvalue weighted by atomic mass is 10.0. The van der Waals surface area contributed by atoms with Gasteiger partial charge in [0.25, 0.3) is 0 Å². The van der Waals surface area contributed by atoms with Crippen molar-refractivity contribution in [3.63, 3.8) is 0 Å². The molecule has 0 saturated carbocycles. The molecule has 104 valence electrons. The molecule has 20 heavy (non-hydrogen) atoms. The van der Waals surface area contributed by atoms with Gasteiger partial charge in [-0.3, -0.25) is 4.79 Å². The number of nitrogens with one attached hydrogen (secondary N) is 1. The van der Waals surface area contributed by atoms with Gasteiger partial charge in [-0.05, 0) is 25.5 Å². The van der Waals surface area contributed by atoms with E-state index in [2.05, 4.69) is 5.32 Å². The quantitative estimate of drug-likeness (QED) is 0.860. The smallest absolute Gasteiger partial charge is 0.322 e. The average Bonchev–Trinajstić information content (AvgIpc) is 2.81. The van der Waals surface area contributed by atoms with Gasteiger partial charge in [-0.25, -0.2) is 4.79 Å². The number of urea groups is 1. The van der Waals surface area contributed by atoms with Crippen LogP contribution in [0.5, 0.6) is 0 Å². The molecule has 0 aromatic heterocycles. The Morgan fingerprint density at radius 3 is 2.75 bits per heavy atom. The fraction of sp³-hybridized carbons (Fsp3) is 0.357. The van der Waals surface area contributed by atoms with E-state index in [1.807, 2.05) is 6.07 Å². The zero-order valence-corrected chi connectivity index (χ0v) is 11.0. The number of amides is 2. The van der Waals surface area contributed by atoms with Crippen molar-refractivity contribution in [2.45, 2.75) is 19.4 Å². The summed E-state index contributed by atoms with van der Waals surface area (Å²) in [6, 6.07) is 7.97. The highest BCUT2D eigenvalue weighted by Crippen LogP contribution is 2.25. The summed E-state index contributed by atoms with van der Waals surface area (Å²) in [5.41, 5.74) is 0.813. The molecular formula is C14H15N3O3. The van der Waals surface area contributed by atoms with Crippen LogP contribution < -0.4 is 5.32 Å². The minimum absolute atomic E-state index is 0.359. The van der Waals surface area contributed by atoms with Crippen LogP contribution >= 0.6 is 0 Å². The van der Waals surface area contributed by atoms with Crippen molar-refractivity contribution in [2.75, 3.05) is 11.9 Å². The van der Waals surface area contributed by atoms with E-state index in [-0.39, 0.29) is 12.1 Å². The van der Waals surface area contributed by atoms with E-state index < -0.39 is 11.9 Å². The van der Waals surface area contributed by atoms with Gasteiger partial charge in [-0.1, -0.05) is 12.1 Å². The topological polar surface area (TPSA) is 93.4 Å². The van der Waals surface area contributed by atoms with Crippen LogP contribution in [0.3, 0.4) is 0 Å². The number of likely N-dealkylation sites (tertiary alicyclic amines) is 1. The third-order valence-electron chi connectivity index (χ3n) is 3.62. The van der Waals surface area contributed by atoms with E-state index >= 15 is 0 Å². The second kappa shape index (κ2) is 5.61. The molecule has 6 heteroatoms. The molecule has 2 amide bonds. The molecule has 0 radical (unpaired) electrons. The Balaban J connectivity index is 2.10. The van der Waals surface area contributed by atoms with Crippen LogP contribution in [-0.4, -0.2) is 34.6 Å². The Bertz CT molecular complexity index is 579. The molecule has 0 spiro atoms. The molecule has 2 rings (SSSR count). The number of benzene rings is 1. The summed E-state index contributed by atoms with van der Waals surface area (Å²) in [6.07, 6.45) is 0.448. The van der Waals surface area contributed by atoms with Gasteiger partial charge in [0, 0.05) is 12.6 Å². The largest absolute Gasteiger partial charge is 0.481 e. The van der Waals surface area contributed by atoms with Crippen LogP contribution in [0.1, 0.15) is 18.9 Å². The minimum Gasteiger partial charge on any atom is -0.481 e. The van der Waals surface area contributed by atoms with E-state index in [1.165, 1.54) is 4.90 Å². The van der Waals surface area contributed by atoms with Crippen molar-refractivity contribution in [1.29, 1.82) is 5.26 Å². The fourth-order valence-electron chi connectivity index (χ4n) is 2.43. The lowest BCUT2D eigenvalue weighted by molar-refractivity contribution is -0.142. The number of hydrogen-bond donors (Lipinski definition) is 2. The highest BCUT2D eigenvalue weighted by atomic mass is 16.4. The highest BCUT2D eigenvalue weighted by molar-refractivity contribution is 5.91. The van der Waals surface area contributed by atoms with Gasteiger partial charge < -0.3 is 15.3 Å². The predicted molar refractivity (Wildman–Crippen MR) is 72.1 cm³/mol. The zero-order chi connectivity index (χ0) is 14.7. The monoisotopic (exact) mass is 273 g/mol. The number of carboxylic acids is 1. The van der Waals surface area contributed by atoms with Gasteiger partial charge in [0.15, 0.2) is 0 Å². The van der Waals surface area contributed by atoms with Gasteiger partial charge >= 0.3 is 12.0 Å².